The maximum absolute atomic E-state index is 12.1. The molecule has 104 valence electrons. The Hall–Kier alpha value is -0.610. The van der Waals surface area contributed by atoms with Gasteiger partial charge >= 0.3 is 0 Å². The number of carbonyl (C=O) groups excluding carboxylic acids is 1. The van der Waals surface area contributed by atoms with Crippen LogP contribution in [0.5, 0.6) is 0 Å². The molecule has 1 heterocycles. The van der Waals surface area contributed by atoms with Gasteiger partial charge in [-0.25, -0.2) is 0 Å². The molecule has 1 saturated heterocycles. The van der Waals surface area contributed by atoms with Gasteiger partial charge in [-0.3, -0.25) is 9.69 Å². The van der Waals surface area contributed by atoms with E-state index in [-0.39, 0.29) is 5.91 Å². The van der Waals surface area contributed by atoms with Crippen molar-refractivity contribution in [1.82, 2.24) is 15.5 Å². The molecule has 2 aliphatic rings. The fourth-order valence-electron chi connectivity index (χ4n) is 3.00. The molecule has 0 aromatic heterocycles. The lowest BCUT2D eigenvalue weighted by Crippen LogP contribution is -2.53. The molecule has 0 aromatic carbocycles. The van der Waals surface area contributed by atoms with Gasteiger partial charge in [-0.1, -0.05) is 25.7 Å². The molecule has 2 fully saturated rings. The van der Waals surface area contributed by atoms with Crippen molar-refractivity contribution in [2.45, 2.75) is 57.5 Å². The summed E-state index contributed by atoms with van der Waals surface area (Å²) in [4.78, 5) is 14.3. The molecule has 18 heavy (non-hydrogen) atoms. The zero-order valence-electron chi connectivity index (χ0n) is 11.6. The van der Waals surface area contributed by atoms with Gasteiger partial charge < -0.3 is 10.6 Å². The number of nitrogens with one attached hydrogen (secondary N) is 2. The van der Waals surface area contributed by atoms with Crippen LogP contribution < -0.4 is 10.6 Å². The second-order valence-corrected chi connectivity index (χ2v) is 5.78. The average Bonchev–Trinajstić information content (AvgIpc) is 2.61. The van der Waals surface area contributed by atoms with E-state index in [1.807, 2.05) is 0 Å². The van der Waals surface area contributed by atoms with Crippen LogP contribution >= 0.6 is 0 Å². The molecule has 4 nitrogen and oxygen atoms in total. The Balaban J connectivity index is 1.73. The summed E-state index contributed by atoms with van der Waals surface area (Å²) in [5.74, 6) is 0.218. The van der Waals surface area contributed by atoms with E-state index in [0.29, 0.717) is 18.6 Å². The predicted octanol–water partition coefficient (Wildman–Crippen LogP) is 1.12. The van der Waals surface area contributed by atoms with Gasteiger partial charge in [-0.2, -0.15) is 0 Å². The summed E-state index contributed by atoms with van der Waals surface area (Å²) in [6, 6.07) is 0.900. The molecule has 0 bridgehead atoms. The highest BCUT2D eigenvalue weighted by molar-refractivity contribution is 5.78. The number of hydrogen-bond donors (Lipinski definition) is 2. The Morgan fingerprint density at radius 2 is 2.00 bits per heavy atom. The minimum atomic E-state index is 0.218. The second-order valence-electron chi connectivity index (χ2n) is 5.78. The van der Waals surface area contributed by atoms with Gasteiger partial charge in [0.2, 0.25) is 5.91 Å². The normalized spacial score (nSPS) is 27.7. The third-order valence-corrected chi connectivity index (χ3v) is 4.21. The quantitative estimate of drug-likeness (QED) is 0.741. The van der Waals surface area contributed by atoms with E-state index >= 15 is 0 Å². The summed E-state index contributed by atoms with van der Waals surface area (Å²) in [5, 5.41) is 6.58. The summed E-state index contributed by atoms with van der Waals surface area (Å²) in [5.41, 5.74) is 0. The maximum atomic E-state index is 12.1. The highest BCUT2D eigenvalue weighted by Crippen LogP contribution is 2.17. The molecule has 0 aromatic rings. The third kappa shape index (κ3) is 4.25. The van der Waals surface area contributed by atoms with Crippen molar-refractivity contribution >= 4 is 5.91 Å². The topological polar surface area (TPSA) is 44.4 Å². The van der Waals surface area contributed by atoms with Crippen LogP contribution in [0.4, 0.5) is 0 Å². The standard InChI is InChI=1S/C14H27N3O/c1-12-10-15-8-9-17(12)11-14(18)16-13-6-4-2-3-5-7-13/h12-13,15H,2-11H2,1H3,(H,16,18)/t12-/m1/s1. The molecule has 0 radical (unpaired) electrons. The molecule has 4 heteroatoms. The van der Waals surface area contributed by atoms with Crippen molar-refractivity contribution in [3.63, 3.8) is 0 Å². The van der Waals surface area contributed by atoms with Crippen molar-refractivity contribution in [2.75, 3.05) is 26.2 Å². The van der Waals surface area contributed by atoms with Crippen molar-refractivity contribution in [3.05, 3.63) is 0 Å². The van der Waals surface area contributed by atoms with E-state index in [2.05, 4.69) is 22.5 Å². The van der Waals surface area contributed by atoms with E-state index in [1.165, 1.54) is 38.5 Å². The van der Waals surface area contributed by atoms with Crippen LogP contribution in [-0.2, 0) is 4.79 Å². The van der Waals surface area contributed by atoms with Crippen molar-refractivity contribution in [1.29, 1.82) is 0 Å². The summed E-state index contributed by atoms with van der Waals surface area (Å²) in [6.07, 6.45) is 7.55. The van der Waals surface area contributed by atoms with Gasteiger partial charge in [0.25, 0.3) is 0 Å². The maximum Gasteiger partial charge on any atom is 0.234 e. The Labute approximate surface area is 110 Å². The fraction of sp³-hybridized carbons (Fsp3) is 0.929. The lowest BCUT2D eigenvalue weighted by atomic mass is 10.1. The van der Waals surface area contributed by atoms with Gasteiger partial charge in [0.1, 0.15) is 0 Å². The summed E-state index contributed by atoms with van der Waals surface area (Å²) < 4.78 is 0. The average molecular weight is 253 g/mol. The monoisotopic (exact) mass is 253 g/mol. The van der Waals surface area contributed by atoms with Crippen LogP contribution in [0.1, 0.15) is 45.4 Å². The minimum Gasteiger partial charge on any atom is -0.352 e. The van der Waals surface area contributed by atoms with Crippen LogP contribution in [0.25, 0.3) is 0 Å². The largest absolute Gasteiger partial charge is 0.352 e. The zero-order valence-corrected chi connectivity index (χ0v) is 11.6. The highest BCUT2D eigenvalue weighted by atomic mass is 16.2. The Kier molecular flexibility index (Phi) is 5.45. The Bertz CT molecular complexity index is 262. The van der Waals surface area contributed by atoms with Crippen molar-refractivity contribution in [2.24, 2.45) is 0 Å². The molecular weight excluding hydrogens is 226 g/mol. The highest BCUT2D eigenvalue weighted by Gasteiger charge is 2.21. The lowest BCUT2D eigenvalue weighted by Gasteiger charge is -2.33. The first-order valence-electron chi connectivity index (χ1n) is 7.50. The van der Waals surface area contributed by atoms with Gasteiger partial charge in [0.15, 0.2) is 0 Å². The van der Waals surface area contributed by atoms with Crippen LogP contribution in [0, 0.1) is 0 Å². The van der Waals surface area contributed by atoms with Gasteiger partial charge in [-0.05, 0) is 19.8 Å². The van der Waals surface area contributed by atoms with Gasteiger partial charge in [-0.15, -0.1) is 0 Å². The first kappa shape index (κ1) is 13.8. The molecule has 1 saturated carbocycles. The molecule has 1 aliphatic carbocycles. The van der Waals surface area contributed by atoms with E-state index in [1.54, 1.807) is 0 Å². The van der Waals surface area contributed by atoms with E-state index in [9.17, 15) is 4.79 Å². The van der Waals surface area contributed by atoms with E-state index in [0.717, 1.165) is 19.6 Å². The molecule has 1 amide bonds. The number of piperazine rings is 1. The SMILES string of the molecule is C[C@@H]1CNCCN1CC(=O)NC1CCCCCC1. The van der Waals surface area contributed by atoms with Crippen LogP contribution in [0.15, 0.2) is 0 Å². The smallest absolute Gasteiger partial charge is 0.234 e. The number of hydrogen-bond acceptors (Lipinski definition) is 3. The minimum absolute atomic E-state index is 0.218. The molecule has 2 N–H and O–H groups in total. The molecule has 0 spiro atoms. The summed E-state index contributed by atoms with van der Waals surface area (Å²) in [7, 11) is 0. The Morgan fingerprint density at radius 1 is 1.28 bits per heavy atom. The molecular formula is C14H27N3O. The molecule has 2 rings (SSSR count). The lowest BCUT2D eigenvalue weighted by molar-refractivity contribution is -0.123. The first-order valence-corrected chi connectivity index (χ1v) is 7.50. The number of rotatable bonds is 3. The molecule has 0 unspecified atom stereocenters. The van der Waals surface area contributed by atoms with Crippen LogP contribution in [0.2, 0.25) is 0 Å². The number of amides is 1. The number of carbonyl (C=O) groups is 1. The van der Waals surface area contributed by atoms with Crippen LogP contribution in [-0.4, -0.2) is 49.1 Å². The van der Waals surface area contributed by atoms with E-state index < -0.39 is 0 Å². The molecule has 1 aliphatic heterocycles. The summed E-state index contributed by atoms with van der Waals surface area (Å²) >= 11 is 0. The third-order valence-electron chi connectivity index (χ3n) is 4.21. The summed E-state index contributed by atoms with van der Waals surface area (Å²) in [6.45, 7) is 5.74. The van der Waals surface area contributed by atoms with Crippen LogP contribution in [0.3, 0.4) is 0 Å². The van der Waals surface area contributed by atoms with Gasteiger partial charge in [0.05, 0.1) is 6.54 Å². The first-order chi connectivity index (χ1) is 8.75. The Morgan fingerprint density at radius 3 is 2.67 bits per heavy atom. The fourth-order valence-corrected chi connectivity index (χ4v) is 3.00. The van der Waals surface area contributed by atoms with Gasteiger partial charge in [0, 0.05) is 31.7 Å². The zero-order chi connectivity index (χ0) is 12.8. The molecule has 1 atom stereocenters. The number of nitrogens with zero attached hydrogens (tertiary/aromatic N) is 1. The van der Waals surface area contributed by atoms with Crippen molar-refractivity contribution < 1.29 is 4.79 Å². The predicted molar refractivity (Wildman–Crippen MR) is 73.5 cm³/mol. The van der Waals surface area contributed by atoms with E-state index in [4.69, 9.17) is 0 Å². The van der Waals surface area contributed by atoms with Crippen molar-refractivity contribution in [3.8, 4) is 0 Å². The second kappa shape index (κ2) is 7.10.